The monoisotopic (exact) mass is 248 g/mol. The number of rotatable bonds is 2. The van der Waals surface area contributed by atoms with E-state index < -0.39 is 0 Å². The summed E-state index contributed by atoms with van der Waals surface area (Å²) in [4.78, 5) is 0. The molecule has 1 aromatic carbocycles. The Morgan fingerprint density at radius 3 is 2.75 bits per heavy atom. The van der Waals surface area contributed by atoms with Crippen LogP contribution in [-0.4, -0.2) is 12.2 Å². The van der Waals surface area contributed by atoms with Crippen LogP contribution in [0.1, 0.15) is 5.56 Å². The maximum Gasteiger partial charge on any atom is 0.160 e. The van der Waals surface area contributed by atoms with Gasteiger partial charge in [0.2, 0.25) is 0 Å². The summed E-state index contributed by atoms with van der Waals surface area (Å²) in [7, 11) is 1.52. The van der Waals surface area contributed by atoms with Gasteiger partial charge in [-0.15, -0.1) is 0 Å². The molecule has 2 nitrogen and oxygen atoms in total. The van der Waals surface area contributed by atoms with Crippen LogP contribution in [-0.2, 0) is 5.75 Å². The highest BCUT2D eigenvalue weighted by Crippen LogP contribution is 2.32. The van der Waals surface area contributed by atoms with Gasteiger partial charge in [0.05, 0.1) is 7.11 Å². The minimum absolute atomic E-state index is 0.134. The molecule has 0 bridgehead atoms. The molecule has 0 heterocycles. The van der Waals surface area contributed by atoms with E-state index in [0.717, 1.165) is 10.0 Å². The minimum Gasteiger partial charge on any atom is -0.504 e. The Bertz CT molecular complexity index is 263. The smallest absolute Gasteiger partial charge is 0.160 e. The first-order chi connectivity index (χ1) is 5.69. The summed E-state index contributed by atoms with van der Waals surface area (Å²) in [5.74, 6) is 1.22. The molecular weight excluding hydrogens is 240 g/mol. The third-order valence-corrected chi connectivity index (χ3v) is 2.60. The first kappa shape index (κ1) is 9.74. The van der Waals surface area contributed by atoms with Gasteiger partial charge in [-0.05, 0) is 17.7 Å². The second kappa shape index (κ2) is 4.05. The maximum absolute atomic E-state index is 9.33. The van der Waals surface area contributed by atoms with Gasteiger partial charge in [0.1, 0.15) is 0 Å². The Labute approximate surface area is 85.1 Å². The molecule has 0 unspecified atom stereocenters. The fourth-order valence-corrected chi connectivity index (χ4v) is 1.82. The first-order valence-corrected chi connectivity index (χ1v) is 4.77. The van der Waals surface area contributed by atoms with Crippen LogP contribution < -0.4 is 4.74 Å². The molecule has 4 heteroatoms. The van der Waals surface area contributed by atoms with Crippen LogP contribution in [0.15, 0.2) is 16.6 Å². The predicted molar refractivity (Wildman–Crippen MR) is 55.0 cm³/mol. The van der Waals surface area contributed by atoms with E-state index in [0.29, 0.717) is 11.5 Å². The van der Waals surface area contributed by atoms with E-state index in [4.69, 9.17) is 4.74 Å². The van der Waals surface area contributed by atoms with Gasteiger partial charge < -0.3 is 9.84 Å². The van der Waals surface area contributed by atoms with Crippen molar-refractivity contribution in [1.29, 1.82) is 0 Å². The van der Waals surface area contributed by atoms with Gasteiger partial charge in [-0.1, -0.05) is 15.9 Å². The van der Waals surface area contributed by atoms with Crippen LogP contribution in [0.4, 0.5) is 0 Å². The second-order valence-electron chi connectivity index (χ2n) is 2.27. The molecule has 12 heavy (non-hydrogen) atoms. The lowest BCUT2D eigenvalue weighted by Gasteiger charge is -2.06. The normalized spacial score (nSPS) is 9.92. The molecule has 0 aliphatic heterocycles. The summed E-state index contributed by atoms with van der Waals surface area (Å²) in [5.41, 5.74) is 0.994. The zero-order chi connectivity index (χ0) is 9.14. The molecule has 0 saturated carbocycles. The molecule has 0 atom stereocenters. The number of ether oxygens (including phenoxy) is 1. The summed E-state index contributed by atoms with van der Waals surface area (Å²) >= 11 is 7.44. The van der Waals surface area contributed by atoms with Crippen molar-refractivity contribution in [3.63, 3.8) is 0 Å². The summed E-state index contributed by atoms with van der Waals surface area (Å²) in [6.45, 7) is 0. The predicted octanol–water partition coefficient (Wildman–Crippen LogP) is 2.59. The fourth-order valence-electron chi connectivity index (χ4n) is 0.870. The van der Waals surface area contributed by atoms with Crippen molar-refractivity contribution < 1.29 is 9.84 Å². The molecule has 1 rings (SSSR count). The Morgan fingerprint density at radius 1 is 1.58 bits per heavy atom. The van der Waals surface area contributed by atoms with Crippen molar-refractivity contribution in [1.82, 2.24) is 0 Å². The fraction of sp³-hybridized carbons (Fsp3) is 0.250. The van der Waals surface area contributed by atoms with E-state index in [2.05, 4.69) is 28.6 Å². The lowest BCUT2D eigenvalue weighted by atomic mass is 10.2. The molecule has 66 valence electrons. The van der Waals surface area contributed by atoms with Crippen LogP contribution in [0.3, 0.4) is 0 Å². The zero-order valence-electron chi connectivity index (χ0n) is 6.54. The number of phenols is 1. The van der Waals surface area contributed by atoms with Crippen LogP contribution in [0, 0.1) is 0 Å². The molecule has 0 fully saturated rings. The SMILES string of the molecule is COc1cc(CS)c(Br)cc1O. The third-order valence-electron chi connectivity index (χ3n) is 1.52. The lowest BCUT2D eigenvalue weighted by Crippen LogP contribution is -1.87. The van der Waals surface area contributed by atoms with Crippen molar-refractivity contribution in [3.8, 4) is 11.5 Å². The van der Waals surface area contributed by atoms with Gasteiger partial charge >= 0.3 is 0 Å². The molecule has 1 aromatic rings. The highest BCUT2D eigenvalue weighted by molar-refractivity contribution is 9.10. The van der Waals surface area contributed by atoms with Crippen molar-refractivity contribution in [2.24, 2.45) is 0 Å². The van der Waals surface area contributed by atoms with E-state index in [-0.39, 0.29) is 5.75 Å². The van der Waals surface area contributed by atoms with Crippen LogP contribution in [0.25, 0.3) is 0 Å². The summed E-state index contributed by atoms with van der Waals surface area (Å²) < 4.78 is 5.78. The van der Waals surface area contributed by atoms with Crippen LogP contribution >= 0.6 is 28.6 Å². The summed E-state index contributed by atoms with van der Waals surface area (Å²) in [6.07, 6.45) is 0. The molecule has 0 aliphatic carbocycles. The first-order valence-electron chi connectivity index (χ1n) is 3.35. The maximum atomic E-state index is 9.33. The highest BCUT2D eigenvalue weighted by Gasteiger charge is 2.05. The van der Waals surface area contributed by atoms with Gasteiger partial charge in [-0.25, -0.2) is 0 Å². The molecule has 0 aromatic heterocycles. The molecular formula is C8H9BrO2S. The third kappa shape index (κ3) is 1.87. The summed E-state index contributed by atoms with van der Waals surface area (Å²) in [6, 6.07) is 3.36. The number of aromatic hydroxyl groups is 1. The van der Waals surface area contributed by atoms with E-state index in [1.54, 1.807) is 12.1 Å². The van der Waals surface area contributed by atoms with Crippen molar-refractivity contribution in [2.45, 2.75) is 5.75 Å². The van der Waals surface area contributed by atoms with Crippen molar-refractivity contribution in [3.05, 3.63) is 22.2 Å². The second-order valence-corrected chi connectivity index (χ2v) is 3.44. The van der Waals surface area contributed by atoms with Crippen molar-refractivity contribution in [2.75, 3.05) is 7.11 Å². The number of methoxy groups -OCH3 is 1. The van der Waals surface area contributed by atoms with E-state index in [1.807, 2.05) is 0 Å². The number of hydrogen-bond donors (Lipinski definition) is 2. The molecule has 0 radical (unpaired) electrons. The molecule has 0 amide bonds. The lowest BCUT2D eigenvalue weighted by molar-refractivity contribution is 0.373. The van der Waals surface area contributed by atoms with E-state index in [1.165, 1.54) is 7.11 Å². The van der Waals surface area contributed by atoms with Crippen LogP contribution in [0.2, 0.25) is 0 Å². The van der Waals surface area contributed by atoms with Gasteiger partial charge in [-0.2, -0.15) is 12.6 Å². The number of thiol groups is 1. The Morgan fingerprint density at radius 2 is 2.25 bits per heavy atom. The molecule has 0 saturated heterocycles. The molecule has 1 N–H and O–H groups in total. The zero-order valence-corrected chi connectivity index (χ0v) is 9.02. The largest absolute Gasteiger partial charge is 0.504 e. The Kier molecular flexibility index (Phi) is 3.29. The minimum atomic E-state index is 0.134. The number of hydrogen-bond acceptors (Lipinski definition) is 3. The van der Waals surface area contributed by atoms with Crippen molar-refractivity contribution >= 4 is 28.6 Å². The van der Waals surface area contributed by atoms with Gasteiger partial charge in [0.15, 0.2) is 11.5 Å². The molecule has 0 spiro atoms. The molecule has 0 aliphatic rings. The topological polar surface area (TPSA) is 29.5 Å². The average molecular weight is 249 g/mol. The quantitative estimate of drug-likeness (QED) is 0.789. The average Bonchev–Trinajstić information content (AvgIpc) is 2.05. The number of phenolic OH excluding ortho intramolecular Hbond substituents is 1. The van der Waals surface area contributed by atoms with Gasteiger partial charge in [0, 0.05) is 10.2 Å². The highest BCUT2D eigenvalue weighted by atomic mass is 79.9. The van der Waals surface area contributed by atoms with E-state index in [9.17, 15) is 5.11 Å². The van der Waals surface area contributed by atoms with Gasteiger partial charge in [-0.3, -0.25) is 0 Å². The van der Waals surface area contributed by atoms with Gasteiger partial charge in [0.25, 0.3) is 0 Å². The van der Waals surface area contributed by atoms with E-state index >= 15 is 0 Å². The summed E-state index contributed by atoms with van der Waals surface area (Å²) in [5, 5.41) is 9.33. The Hall–Kier alpha value is -0.350. The number of halogens is 1. The standard InChI is InChI=1S/C8H9BrO2S/c1-11-8-2-5(4-12)6(9)3-7(8)10/h2-3,10,12H,4H2,1H3. The van der Waals surface area contributed by atoms with Crippen LogP contribution in [0.5, 0.6) is 11.5 Å². The Balaban J connectivity index is 3.18. The number of benzene rings is 1.